The molecule has 2 aromatic rings. The van der Waals surface area contributed by atoms with Crippen molar-refractivity contribution in [3.8, 4) is 10.4 Å². The van der Waals surface area contributed by atoms with Crippen molar-refractivity contribution in [1.82, 2.24) is 10.3 Å². The van der Waals surface area contributed by atoms with Gasteiger partial charge in [-0.2, -0.15) is 0 Å². The van der Waals surface area contributed by atoms with E-state index in [0.29, 0.717) is 12.3 Å². The molecule has 3 rings (SSSR count). The number of hydrogen-bond acceptors (Lipinski definition) is 5. The van der Waals surface area contributed by atoms with Gasteiger partial charge in [-0.25, -0.2) is 9.78 Å². The maximum atomic E-state index is 12.2. The number of ether oxygens (including phenoxy) is 1. The zero-order chi connectivity index (χ0) is 22.3. The van der Waals surface area contributed by atoms with Gasteiger partial charge in [-0.3, -0.25) is 4.79 Å². The van der Waals surface area contributed by atoms with Crippen LogP contribution in [0.3, 0.4) is 0 Å². The number of aromatic nitrogens is 1. The summed E-state index contributed by atoms with van der Waals surface area (Å²) in [6, 6.07) is 7.66. The number of carbonyl (C=O) groups is 2. The fraction of sp³-hybridized carbons (Fsp3) is 0.542. The molecule has 31 heavy (non-hydrogen) atoms. The maximum Gasteiger partial charge on any atom is 0.319 e. The molecule has 1 aromatic heterocycles. The van der Waals surface area contributed by atoms with Crippen LogP contribution in [0.15, 0.2) is 30.5 Å². The number of amides is 2. The van der Waals surface area contributed by atoms with E-state index in [1.54, 1.807) is 11.3 Å². The highest BCUT2D eigenvalue weighted by atomic mass is 32.1. The molecule has 1 fully saturated rings. The van der Waals surface area contributed by atoms with E-state index >= 15 is 0 Å². The number of hydrogen-bond donors (Lipinski definition) is 2. The Labute approximate surface area is 188 Å². The van der Waals surface area contributed by atoms with Gasteiger partial charge in [0.2, 0.25) is 0 Å². The van der Waals surface area contributed by atoms with Crippen LogP contribution in [0.2, 0.25) is 0 Å². The summed E-state index contributed by atoms with van der Waals surface area (Å²) in [6.07, 6.45) is 9.58. The third-order valence-corrected chi connectivity index (χ3v) is 7.06. The minimum atomic E-state index is -0.522. The molecule has 2 amide bonds. The number of anilines is 1. The molecular weight excluding hydrogens is 410 g/mol. The number of nitrogens with one attached hydrogen (secondary N) is 2. The Morgan fingerprint density at radius 1 is 1.16 bits per heavy atom. The molecular formula is C24H33N3O3S. The van der Waals surface area contributed by atoms with Crippen molar-refractivity contribution < 1.29 is 14.3 Å². The molecule has 0 unspecified atom stereocenters. The lowest BCUT2D eigenvalue weighted by molar-refractivity contribution is -0.151. The summed E-state index contributed by atoms with van der Waals surface area (Å²) in [7, 11) is 1.42. The summed E-state index contributed by atoms with van der Waals surface area (Å²) in [6.45, 7) is 4.54. The number of esters is 1. The van der Waals surface area contributed by atoms with Crippen LogP contribution in [-0.2, 0) is 16.0 Å². The molecule has 0 atom stereocenters. The predicted molar refractivity (Wildman–Crippen MR) is 125 cm³/mol. The van der Waals surface area contributed by atoms with Crippen molar-refractivity contribution in [3.63, 3.8) is 0 Å². The van der Waals surface area contributed by atoms with Gasteiger partial charge in [0, 0.05) is 24.8 Å². The summed E-state index contributed by atoms with van der Waals surface area (Å²) in [5.74, 6) is 0.413. The van der Waals surface area contributed by atoms with E-state index in [2.05, 4.69) is 15.6 Å². The highest BCUT2D eigenvalue weighted by molar-refractivity contribution is 7.15. The molecule has 1 aliphatic rings. The average Bonchev–Trinajstić information content (AvgIpc) is 3.26. The number of rotatable bonds is 8. The van der Waals surface area contributed by atoms with Crippen LogP contribution in [0.4, 0.5) is 10.5 Å². The van der Waals surface area contributed by atoms with Crippen molar-refractivity contribution in [2.75, 3.05) is 19.0 Å². The van der Waals surface area contributed by atoms with Crippen LogP contribution >= 0.6 is 11.3 Å². The summed E-state index contributed by atoms with van der Waals surface area (Å²) in [4.78, 5) is 29.6. The second-order valence-corrected chi connectivity index (χ2v) is 10.0. The van der Waals surface area contributed by atoms with Gasteiger partial charge in [0.1, 0.15) is 0 Å². The molecule has 1 aliphatic carbocycles. The number of nitrogens with zero attached hydrogens (tertiary/aromatic N) is 1. The molecule has 7 heteroatoms. The quantitative estimate of drug-likeness (QED) is 0.517. The molecule has 0 saturated heterocycles. The van der Waals surface area contributed by atoms with Crippen molar-refractivity contribution in [3.05, 3.63) is 35.5 Å². The van der Waals surface area contributed by atoms with E-state index in [1.165, 1.54) is 39.2 Å². The van der Waals surface area contributed by atoms with Gasteiger partial charge in [0.15, 0.2) is 0 Å². The zero-order valence-corrected chi connectivity index (χ0v) is 19.5. The highest BCUT2D eigenvalue weighted by Crippen LogP contribution is 2.30. The molecule has 2 N–H and O–H groups in total. The first-order chi connectivity index (χ1) is 14.9. The SMILES string of the molecule is COC(=O)C(C)(C)CCc1ncc(-c2ccc(NC(=O)NCC3CCCCC3)cc2)s1. The Morgan fingerprint density at radius 3 is 2.55 bits per heavy atom. The lowest BCUT2D eigenvalue weighted by Crippen LogP contribution is -2.33. The smallest absolute Gasteiger partial charge is 0.319 e. The van der Waals surface area contributed by atoms with Crippen LogP contribution in [-0.4, -0.2) is 30.6 Å². The number of carbonyl (C=O) groups excluding carboxylic acids is 2. The number of urea groups is 1. The molecule has 6 nitrogen and oxygen atoms in total. The summed E-state index contributed by atoms with van der Waals surface area (Å²) in [5.41, 5.74) is 1.31. The van der Waals surface area contributed by atoms with Crippen LogP contribution in [0.1, 0.15) is 57.4 Å². The van der Waals surface area contributed by atoms with E-state index in [9.17, 15) is 9.59 Å². The molecule has 0 bridgehead atoms. The molecule has 0 spiro atoms. The van der Waals surface area contributed by atoms with Crippen molar-refractivity contribution in [1.29, 1.82) is 0 Å². The lowest BCUT2D eigenvalue weighted by Gasteiger charge is -2.21. The van der Waals surface area contributed by atoms with Gasteiger partial charge < -0.3 is 15.4 Å². The predicted octanol–water partition coefficient (Wildman–Crippen LogP) is 5.64. The number of methoxy groups -OCH3 is 1. The third-order valence-electron chi connectivity index (χ3n) is 5.96. The minimum Gasteiger partial charge on any atom is -0.469 e. The summed E-state index contributed by atoms with van der Waals surface area (Å²) in [5, 5.41) is 6.91. The standard InChI is InChI=1S/C24H33N3O3S/c1-24(2,22(28)30-3)14-13-21-25-16-20(31-21)18-9-11-19(12-10-18)27-23(29)26-15-17-7-5-4-6-8-17/h9-12,16-17H,4-8,13-15H2,1-3H3,(H2,26,27,29). The van der Waals surface area contributed by atoms with Gasteiger partial charge in [-0.05, 0) is 56.7 Å². The first-order valence-electron chi connectivity index (χ1n) is 11.1. The highest BCUT2D eigenvalue weighted by Gasteiger charge is 2.28. The second-order valence-electron chi connectivity index (χ2n) is 8.91. The van der Waals surface area contributed by atoms with Crippen LogP contribution in [0, 0.1) is 11.3 Å². The first kappa shape index (κ1) is 23.3. The van der Waals surface area contributed by atoms with Crippen molar-refractivity contribution >= 4 is 29.0 Å². The van der Waals surface area contributed by atoms with Gasteiger partial charge >= 0.3 is 12.0 Å². The van der Waals surface area contributed by atoms with E-state index in [0.717, 1.165) is 34.1 Å². The normalized spacial score (nSPS) is 14.8. The van der Waals surface area contributed by atoms with Gasteiger partial charge in [0.25, 0.3) is 0 Å². The summed E-state index contributed by atoms with van der Waals surface area (Å²) >= 11 is 1.63. The Bertz CT molecular complexity index is 870. The first-order valence-corrected chi connectivity index (χ1v) is 11.9. The summed E-state index contributed by atoms with van der Waals surface area (Å²) < 4.78 is 4.87. The third kappa shape index (κ3) is 6.79. The number of benzene rings is 1. The van der Waals surface area contributed by atoms with E-state index in [1.807, 2.05) is 44.3 Å². The molecule has 1 heterocycles. The van der Waals surface area contributed by atoms with Crippen molar-refractivity contribution in [2.45, 2.75) is 58.8 Å². The van der Waals surface area contributed by atoms with E-state index < -0.39 is 5.41 Å². The minimum absolute atomic E-state index is 0.147. The van der Waals surface area contributed by atoms with Gasteiger partial charge in [-0.1, -0.05) is 31.4 Å². The number of thiazole rings is 1. The Kier molecular flexibility index (Phi) is 8.07. The van der Waals surface area contributed by atoms with Gasteiger partial charge in [-0.15, -0.1) is 11.3 Å². The van der Waals surface area contributed by atoms with E-state index in [-0.39, 0.29) is 12.0 Å². The van der Waals surface area contributed by atoms with E-state index in [4.69, 9.17) is 4.74 Å². The van der Waals surface area contributed by atoms with Crippen LogP contribution in [0.5, 0.6) is 0 Å². The topological polar surface area (TPSA) is 80.3 Å². The Balaban J connectivity index is 1.49. The Hall–Kier alpha value is -2.41. The van der Waals surface area contributed by atoms with Crippen molar-refractivity contribution in [2.24, 2.45) is 11.3 Å². The monoisotopic (exact) mass is 443 g/mol. The average molecular weight is 444 g/mol. The second kappa shape index (κ2) is 10.8. The molecule has 0 radical (unpaired) electrons. The molecule has 168 valence electrons. The van der Waals surface area contributed by atoms with Crippen LogP contribution < -0.4 is 10.6 Å². The zero-order valence-electron chi connectivity index (χ0n) is 18.7. The molecule has 1 saturated carbocycles. The number of aryl methyl sites for hydroxylation is 1. The fourth-order valence-corrected chi connectivity index (χ4v) is 4.80. The van der Waals surface area contributed by atoms with Gasteiger partial charge in [0.05, 0.1) is 22.4 Å². The largest absolute Gasteiger partial charge is 0.469 e. The molecule has 1 aromatic carbocycles. The fourth-order valence-electron chi connectivity index (χ4n) is 3.88. The lowest BCUT2D eigenvalue weighted by atomic mass is 9.88. The van der Waals surface area contributed by atoms with Crippen LogP contribution in [0.25, 0.3) is 10.4 Å². The molecule has 0 aliphatic heterocycles. The Morgan fingerprint density at radius 2 is 1.87 bits per heavy atom. The maximum absolute atomic E-state index is 12.2.